The summed E-state index contributed by atoms with van der Waals surface area (Å²) in [7, 11) is 0. The second-order valence-electron chi connectivity index (χ2n) is 1.18. The van der Waals surface area contributed by atoms with Crippen molar-refractivity contribution in [2.75, 3.05) is 0 Å². The van der Waals surface area contributed by atoms with E-state index in [1.54, 1.807) is 0 Å². The topological polar surface area (TPSA) is 0 Å². The van der Waals surface area contributed by atoms with Crippen LogP contribution >= 0.6 is 46.4 Å². The summed E-state index contributed by atoms with van der Waals surface area (Å²) in [6.45, 7) is 3.09. The summed E-state index contributed by atoms with van der Waals surface area (Å²) < 4.78 is 32.9. The monoisotopic (exact) mass is 248 g/mol. The fourth-order valence-corrected chi connectivity index (χ4v) is 0. The summed E-state index contributed by atoms with van der Waals surface area (Å²) in [6, 6.07) is 0. The molecule has 0 aromatic heterocycles. The van der Waals surface area contributed by atoms with Crippen molar-refractivity contribution in [1.29, 1.82) is 0 Å². The van der Waals surface area contributed by atoms with E-state index in [4.69, 9.17) is 23.2 Å². The molecule has 68 valence electrons. The van der Waals surface area contributed by atoms with E-state index in [1.807, 2.05) is 0 Å². The molecule has 0 radical (unpaired) electrons. The van der Waals surface area contributed by atoms with E-state index in [1.165, 1.54) is 0 Å². The molecule has 0 bridgehead atoms. The minimum Gasteiger partial charge on any atom is -0.168 e. The molecular weight excluding hydrogens is 247 g/mol. The molecule has 0 atom stereocenters. The first-order chi connectivity index (χ1) is 4.68. The maximum absolute atomic E-state index is 10.9. The van der Waals surface area contributed by atoms with Crippen LogP contribution in [0, 0.1) is 0 Å². The predicted octanol–water partition coefficient (Wildman–Crippen LogP) is 4.29. The zero-order valence-electron chi connectivity index (χ0n) is 4.93. The van der Waals surface area contributed by atoms with Gasteiger partial charge < -0.3 is 0 Å². The van der Waals surface area contributed by atoms with Gasteiger partial charge in [0.25, 0.3) is 0 Å². The molecule has 0 rings (SSSR count). The van der Waals surface area contributed by atoms with Gasteiger partial charge in [-0.2, -0.15) is 13.2 Å². The molecule has 0 saturated carbocycles. The first-order valence-electron chi connectivity index (χ1n) is 2.02. The van der Waals surface area contributed by atoms with Crippen LogP contribution in [0.5, 0.6) is 0 Å². The van der Waals surface area contributed by atoms with Gasteiger partial charge in [0.1, 0.15) is 0 Å². The summed E-state index contributed by atoms with van der Waals surface area (Å²) >= 11 is 18.5. The SMILES string of the molecule is C=C(Cl)Cl.FC(F)(F)C(Cl)Cl. The maximum Gasteiger partial charge on any atom is 0.418 e. The average molecular weight is 250 g/mol. The molecule has 0 spiro atoms. The lowest BCUT2D eigenvalue weighted by Gasteiger charge is -2.03. The van der Waals surface area contributed by atoms with Crippen LogP contribution in [0.2, 0.25) is 0 Å². The highest BCUT2D eigenvalue weighted by atomic mass is 35.5. The molecule has 0 fully saturated rings. The fraction of sp³-hybridized carbons (Fsp3) is 0.500. The van der Waals surface area contributed by atoms with Gasteiger partial charge in [-0.1, -0.05) is 53.0 Å². The van der Waals surface area contributed by atoms with Gasteiger partial charge in [0.2, 0.25) is 4.84 Å². The highest BCUT2D eigenvalue weighted by Gasteiger charge is 2.36. The van der Waals surface area contributed by atoms with Crippen molar-refractivity contribution in [1.82, 2.24) is 0 Å². The van der Waals surface area contributed by atoms with E-state index >= 15 is 0 Å². The molecule has 11 heavy (non-hydrogen) atoms. The zero-order chi connectivity index (χ0) is 9.65. The summed E-state index contributed by atoms with van der Waals surface area (Å²) in [4.78, 5) is -2.26. The van der Waals surface area contributed by atoms with Gasteiger partial charge in [-0.15, -0.1) is 0 Å². The zero-order valence-corrected chi connectivity index (χ0v) is 7.95. The standard InChI is InChI=1S/C2HCl2F3.C2H2Cl2/c3-1(4)2(5,6)7;1-2(3)4/h1H;1H2. The molecule has 0 N–H and O–H groups in total. The van der Waals surface area contributed by atoms with Crippen LogP contribution in [0.3, 0.4) is 0 Å². The largest absolute Gasteiger partial charge is 0.418 e. The minimum atomic E-state index is -4.47. The lowest BCUT2D eigenvalue weighted by molar-refractivity contribution is -0.115. The Balaban J connectivity index is 0. The van der Waals surface area contributed by atoms with Gasteiger partial charge in [-0.3, -0.25) is 0 Å². The lowest BCUT2D eigenvalue weighted by atomic mass is 10.8. The number of halogens is 7. The Morgan fingerprint density at radius 2 is 1.27 bits per heavy atom. The van der Waals surface area contributed by atoms with Crippen molar-refractivity contribution >= 4 is 46.4 Å². The number of rotatable bonds is 0. The van der Waals surface area contributed by atoms with E-state index in [0.29, 0.717) is 0 Å². The number of alkyl halides is 5. The van der Waals surface area contributed by atoms with Crippen LogP contribution in [-0.4, -0.2) is 11.0 Å². The number of hydrogen-bond donors (Lipinski definition) is 0. The van der Waals surface area contributed by atoms with Crippen LogP contribution in [0.4, 0.5) is 13.2 Å². The summed E-state index contributed by atoms with van der Waals surface area (Å²) in [5, 5.41) is 0. The fourth-order valence-electron chi connectivity index (χ4n) is 0. The molecule has 0 aliphatic rings. The minimum absolute atomic E-state index is 0.111. The Morgan fingerprint density at radius 1 is 1.18 bits per heavy atom. The van der Waals surface area contributed by atoms with Crippen LogP contribution in [0.1, 0.15) is 0 Å². The van der Waals surface area contributed by atoms with Gasteiger partial charge in [-0.05, 0) is 0 Å². The van der Waals surface area contributed by atoms with E-state index in [0.717, 1.165) is 0 Å². The van der Waals surface area contributed by atoms with Crippen molar-refractivity contribution < 1.29 is 13.2 Å². The first kappa shape index (κ1) is 14.2. The third-order valence-corrected chi connectivity index (χ3v) is 0.742. The van der Waals surface area contributed by atoms with Gasteiger partial charge in [-0.25, -0.2) is 0 Å². The van der Waals surface area contributed by atoms with E-state index in [-0.39, 0.29) is 4.49 Å². The van der Waals surface area contributed by atoms with Gasteiger partial charge in [0.05, 0.1) is 4.49 Å². The summed E-state index contributed by atoms with van der Waals surface area (Å²) in [6.07, 6.45) is -4.47. The third-order valence-electron chi connectivity index (χ3n) is 0.247. The Hall–Kier alpha value is 0.690. The van der Waals surface area contributed by atoms with E-state index in [2.05, 4.69) is 29.8 Å². The van der Waals surface area contributed by atoms with Crippen molar-refractivity contribution in [3.63, 3.8) is 0 Å². The molecule has 0 amide bonds. The Kier molecular flexibility index (Phi) is 8.06. The van der Waals surface area contributed by atoms with Crippen LogP contribution in [0.15, 0.2) is 11.1 Å². The first-order valence-corrected chi connectivity index (χ1v) is 3.65. The normalized spacial score (nSPS) is 10.5. The molecule has 0 aromatic carbocycles. The molecule has 0 aromatic rings. The maximum atomic E-state index is 10.9. The van der Waals surface area contributed by atoms with Crippen molar-refractivity contribution in [3.05, 3.63) is 11.1 Å². The second-order valence-corrected chi connectivity index (χ2v) is 3.38. The second kappa shape index (κ2) is 6.23. The van der Waals surface area contributed by atoms with E-state index in [9.17, 15) is 13.2 Å². The molecule has 0 saturated heterocycles. The van der Waals surface area contributed by atoms with Gasteiger partial charge in [0, 0.05) is 0 Å². The molecule has 0 heterocycles. The molecule has 0 aliphatic heterocycles. The predicted molar refractivity (Wildman–Crippen MR) is 42.4 cm³/mol. The van der Waals surface area contributed by atoms with Crippen molar-refractivity contribution in [3.8, 4) is 0 Å². The van der Waals surface area contributed by atoms with Gasteiger partial charge in [0.15, 0.2) is 0 Å². The summed E-state index contributed by atoms with van der Waals surface area (Å²) in [5.74, 6) is 0. The summed E-state index contributed by atoms with van der Waals surface area (Å²) in [5.41, 5.74) is 0. The van der Waals surface area contributed by atoms with E-state index < -0.39 is 11.0 Å². The molecule has 0 nitrogen and oxygen atoms in total. The average Bonchev–Trinajstić information content (AvgIpc) is 1.59. The van der Waals surface area contributed by atoms with Crippen molar-refractivity contribution in [2.24, 2.45) is 0 Å². The highest BCUT2D eigenvalue weighted by Crippen LogP contribution is 2.26. The molecule has 0 aliphatic carbocycles. The smallest absolute Gasteiger partial charge is 0.168 e. The Bertz CT molecular complexity index is 115. The molecule has 7 heteroatoms. The quantitative estimate of drug-likeness (QED) is 0.562. The van der Waals surface area contributed by atoms with Crippen molar-refractivity contribution in [2.45, 2.75) is 11.0 Å². The molecule has 0 unspecified atom stereocenters. The third kappa shape index (κ3) is 18.0. The molecular formula is C4H3Cl4F3. The Morgan fingerprint density at radius 3 is 1.27 bits per heavy atom. The van der Waals surface area contributed by atoms with Crippen LogP contribution in [0.25, 0.3) is 0 Å². The number of hydrogen-bond acceptors (Lipinski definition) is 0. The van der Waals surface area contributed by atoms with Crippen LogP contribution in [-0.2, 0) is 0 Å². The highest BCUT2D eigenvalue weighted by molar-refractivity contribution is 6.55. The van der Waals surface area contributed by atoms with Gasteiger partial charge >= 0.3 is 6.18 Å². The lowest BCUT2D eigenvalue weighted by Crippen LogP contribution is -2.16. The Labute approximate surface area is 81.9 Å². The van der Waals surface area contributed by atoms with Crippen LogP contribution < -0.4 is 0 Å².